The SMILES string of the molecule is Cc1cc(NC(=O)N/N=C/c2cn(C)c3ccccc23)ccc1Br. The van der Waals surface area contributed by atoms with Crippen LogP contribution in [0.3, 0.4) is 0 Å². The zero-order valence-electron chi connectivity index (χ0n) is 13.4. The minimum absolute atomic E-state index is 0.381. The van der Waals surface area contributed by atoms with Gasteiger partial charge in [-0.2, -0.15) is 5.10 Å². The number of nitrogens with zero attached hydrogens (tertiary/aromatic N) is 2. The second-order valence-corrected chi connectivity index (χ2v) is 6.35. The Bertz CT molecular complexity index is 930. The van der Waals surface area contributed by atoms with Crippen LogP contribution in [-0.4, -0.2) is 16.8 Å². The third-order valence-electron chi connectivity index (χ3n) is 3.71. The second-order valence-electron chi connectivity index (χ2n) is 5.50. The number of carbonyl (C=O) groups is 1. The first-order valence-electron chi connectivity index (χ1n) is 7.45. The van der Waals surface area contributed by atoms with Gasteiger partial charge in [-0.05, 0) is 36.8 Å². The van der Waals surface area contributed by atoms with Crippen molar-refractivity contribution in [3.63, 3.8) is 0 Å². The van der Waals surface area contributed by atoms with Crippen LogP contribution in [-0.2, 0) is 7.05 Å². The number of aromatic nitrogens is 1. The first-order valence-corrected chi connectivity index (χ1v) is 8.24. The molecule has 3 aromatic rings. The van der Waals surface area contributed by atoms with Gasteiger partial charge in [-0.1, -0.05) is 34.1 Å². The van der Waals surface area contributed by atoms with Gasteiger partial charge in [0, 0.05) is 39.9 Å². The van der Waals surface area contributed by atoms with Gasteiger partial charge in [-0.3, -0.25) is 0 Å². The van der Waals surface area contributed by atoms with Crippen LogP contribution in [0.5, 0.6) is 0 Å². The third kappa shape index (κ3) is 3.49. The molecule has 0 saturated carbocycles. The van der Waals surface area contributed by atoms with Crippen molar-refractivity contribution >= 4 is 44.8 Å². The first-order chi connectivity index (χ1) is 11.5. The molecule has 0 unspecified atom stereocenters. The molecule has 0 aliphatic carbocycles. The van der Waals surface area contributed by atoms with Gasteiger partial charge in [-0.25, -0.2) is 10.2 Å². The molecule has 1 heterocycles. The molecule has 2 N–H and O–H groups in total. The number of fused-ring (bicyclic) bond motifs is 1. The highest BCUT2D eigenvalue weighted by Crippen LogP contribution is 2.20. The Kier molecular flexibility index (Phi) is 4.66. The summed E-state index contributed by atoms with van der Waals surface area (Å²) < 4.78 is 3.03. The Hall–Kier alpha value is -2.60. The van der Waals surface area contributed by atoms with Crippen molar-refractivity contribution in [2.45, 2.75) is 6.92 Å². The number of nitrogens with one attached hydrogen (secondary N) is 2. The highest BCUT2D eigenvalue weighted by Gasteiger charge is 2.04. The number of carbonyl (C=O) groups excluding carboxylic acids is 1. The van der Waals surface area contributed by atoms with E-state index in [2.05, 4.69) is 31.8 Å². The van der Waals surface area contributed by atoms with Crippen LogP contribution in [0.4, 0.5) is 10.5 Å². The molecule has 0 aliphatic rings. The Labute approximate surface area is 148 Å². The first kappa shape index (κ1) is 16.3. The third-order valence-corrected chi connectivity index (χ3v) is 4.60. The van der Waals surface area contributed by atoms with E-state index in [1.165, 1.54) is 0 Å². The lowest BCUT2D eigenvalue weighted by Crippen LogP contribution is -2.24. The molecule has 1 aromatic heterocycles. The molecule has 0 atom stereocenters. The molecule has 24 heavy (non-hydrogen) atoms. The molecule has 0 spiro atoms. The van der Waals surface area contributed by atoms with E-state index in [9.17, 15) is 4.79 Å². The summed E-state index contributed by atoms with van der Waals surface area (Å²) in [5.41, 5.74) is 6.32. The molecule has 6 heteroatoms. The van der Waals surface area contributed by atoms with Crippen LogP contribution < -0.4 is 10.7 Å². The predicted octanol–water partition coefficient (Wildman–Crippen LogP) is 4.40. The summed E-state index contributed by atoms with van der Waals surface area (Å²) in [6.45, 7) is 1.96. The fraction of sp³-hybridized carbons (Fsp3) is 0.111. The molecular weight excluding hydrogens is 368 g/mol. The van der Waals surface area contributed by atoms with Gasteiger partial charge in [0.05, 0.1) is 6.21 Å². The van der Waals surface area contributed by atoms with Crippen LogP contribution >= 0.6 is 15.9 Å². The van der Waals surface area contributed by atoms with E-state index in [-0.39, 0.29) is 6.03 Å². The number of benzene rings is 2. The van der Waals surface area contributed by atoms with Crippen molar-refractivity contribution in [2.24, 2.45) is 12.1 Å². The fourth-order valence-electron chi connectivity index (χ4n) is 2.52. The van der Waals surface area contributed by atoms with E-state index in [1.807, 2.05) is 67.2 Å². The zero-order chi connectivity index (χ0) is 17.1. The Morgan fingerprint density at radius 1 is 1.25 bits per heavy atom. The molecular formula is C18H17BrN4O. The van der Waals surface area contributed by atoms with E-state index in [0.717, 1.165) is 26.5 Å². The van der Waals surface area contributed by atoms with Crippen molar-refractivity contribution in [2.75, 3.05) is 5.32 Å². The van der Waals surface area contributed by atoms with Crippen molar-refractivity contribution in [3.05, 3.63) is 64.3 Å². The van der Waals surface area contributed by atoms with Crippen LogP contribution in [0.25, 0.3) is 10.9 Å². The average Bonchev–Trinajstić information content (AvgIpc) is 2.88. The molecule has 0 fully saturated rings. The largest absolute Gasteiger partial charge is 0.350 e. The zero-order valence-corrected chi connectivity index (χ0v) is 15.0. The molecule has 0 bridgehead atoms. The number of aryl methyl sites for hydroxylation is 2. The minimum Gasteiger partial charge on any atom is -0.350 e. The topological polar surface area (TPSA) is 58.4 Å². The number of anilines is 1. The Morgan fingerprint density at radius 2 is 2.04 bits per heavy atom. The summed E-state index contributed by atoms with van der Waals surface area (Å²) in [7, 11) is 1.98. The highest BCUT2D eigenvalue weighted by atomic mass is 79.9. The van der Waals surface area contributed by atoms with Crippen molar-refractivity contribution in [3.8, 4) is 0 Å². The lowest BCUT2D eigenvalue weighted by Gasteiger charge is -2.06. The van der Waals surface area contributed by atoms with Crippen LogP contribution in [0, 0.1) is 6.92 Å². The number of hydrazone groups is 1. The van der Waals surface area contributed by atoms with E-state index in [4.69, 9.17) is 0 Å². The second kappa shape index (κ2) is 6.88. The normalized spacial score (nSPS) is 11.1. The lowest BCUT2D eigenvalue weighted by atomic mass is 10.2. The van der Waals surface area contributed by atoms with Gasteiger partial charge in [0.1, 0.15) is 0 Å². The molecule has 3 rings (SSSR count). The molecule has 122 valence electrons. The minimum atomic E-state index is -0.381. The Morgan fingerprint density at radius 3 is 2.83 bits per heavy atom. The van der Waals surface area contributed by atoms with Gasteiger partial charge in [-0.15, -0.1) is 0 Å². The maximum absolute atomic E-state index is 11.9. The number of para-hydroxylation sites is 1. The maximum atomic E-state index is 11.9. The van der Waals surface area contributed by atoms with Crippen molar-refractivity contribution < 1.29 is 4.79 Å². The van der Waals surface area contributed by atoms with Gasteiger partial charge in [0.2, 0.25) is 0 Å². The fourth-order valence-corrected chi connectivity index (χ4v) is 2.76. The quantitative estimate of drug-likeness (QED) is 0.510. The predicted molar refractivity (Wildman–Crippen MR) is 102 cm³/mol. The summed E-state index contributed by atoms with van der Waals surface area (Å²) in [5.74, 6) is 0. The van der Waals surface area contributed by atoms with E-state index in [1.54, 1.807) is 6.21 Å². The monoisotopic (exact) mass is 384 g/mol. The van der Waals surface area contributed by atoms with Crippen LogP contribution in [0.2, 0.25) is 0 Å². The van der Waals surface area contributed by atoms with E-state index >= 15 is 0 Å². The average molecular weight is 385 g/mol. The number of halogens is 1. The summed E-state index contributed by atoms with van der Waals surface area (Å²) in [6, 6.07) is 13.3. The number of hydrogen-bond acceptors (Lipinski definition) is 2. The van der Waals surface area contributed by atoms with E-state index < -0.39 is 0 Å². The summed E-state index contributed by atoms with van der Waals surface area (Å²) in [5, 5.41) is 7.87. The van der Waals surface area contributed by atoms with Crippen molar-refractivity contribution in [1.29, 1.82) is 0 Å². The van der Waals surface area contributed by atoms with E-state index in [0.29, 0.717) is 5.69 Å². The number of hydrogen-bond donors (Lipinski definition) is 2. The van der Waals surface area contributed by atoms with Gasteiger partial charge >= 0.3 is 6.03 Å². The molecule has 0 saturated heterocycles. The lowest BCUT2D eigenvalue weighted by molar-refractivity contribution is 0.252. The molecule has 0 aliphatic heterocycles. The molecule has 5 nitrogen and oxygen atoms in total. The number of rotatable bonds is 3. The summed E-state index contributed by atoms with van der Waals surface area (Å²) in [6.07, 6.45) is 3.63. The highest BCUT2D eigenvalue weighted by molar-refractivity contribution is 9.10. The summed E-state index contributed by atoms with van der Waals surface area (Å²) >= 11 is 3.43. The van der Waals surface area contributed by atoms with Crippen LogP contribution in [0.1, 0.15) is 11.1 Å². The van der Waals surface area contributed by atoms with Gasteiger partial charge in [0.25, 0.3) is 0 Å². The van der Waals surface area contributed by atoms with Gasteiger partial charge in [0.15, 0.2) is 0 Å². The maximum Gasteiger partial charge on any atom is 0.339 e. The van der Waals surface area contributed by atoms with Crippen molar-refractivity contribution in [1.82, 2.24) is 9.99 Å². The Balaban J connectivity index is 1.67. The number of amides is 2. The molecule has 2 aromatic carbocycles. The number of urea groups is 1. The smallest absolute Gasteiger partial charge is 0.339 e. The van der Waals surface area contributed by atoms with Gasteiger partial charge < -0.3 is 9.88 Å². The standard InChI is InChI=1S/C18H17BrN4O/c1-12-9-14(7-8-16(12)19)21-18(24)22-20-10-13-11-23(2)17-6-4-3-5-15(13)17/h3-11H,1-2H3,(H2,21,22,24)/b20-10+. The van der Waals surface area contributed by atoms with Crippen LogP contribution in [0.15, 0.2) is 58.2 Å². The summed E-state index contributed by atoms with van der Waals surface area (Å²) in [4.78, 5) is 11.9. The molecule has 0 radical (unpaired) electrons. The molecule has 2 amide bonds.